The van der Waals surface area contributed by atoms with Crippen LogP contribution in [0.4, 0.5) is 8.78 Å². The van der Waals surface area contributed by atoms with E-state index in [0.717, 1.165) is 5.06 Å². The molecule has 0 N–H and O–H groups in total. The van der Waals surface area contributed by atoms with Crippen LogP contribution < -0.4 is 0 Å². The number of esters is 1. The van der Waals surface area contributed by atoms with Gasteiger partial charge in [-0.05, 0) is 20.8 Å². The highest BCUT2D eigenvalue weighted by Gasteiger charge is 2.17. The van der Waals surface area contributed by atoms with E-state index in [2.05, 4.69) is 18.0 Å². The predicted molar refractivity (Wildman–Crippen MR) is 97.4 cm³/mol. The van der Waals surface area contributed by atoms with Crippen LogP contribution >= 0.6 is 0 Å². The Kier molecular flexibility index (Phi) is 15.5. The molecule has 158 valence electrons. The average molecular weight is 395 g/mol. The first kappa shape index (κ1) is 27.4. The van der Waals surface area contributed by atoms with Crippen molar-refractivity contribution in [3.8, 4) is 0 Å². The number of hydrogen-bond donors (Lipinski definition) is 0. The number of likely N-dealkylation sites (N-methyl/N-ethyl adjacent to an activating group) is 1. The molecule has 2 atom stereocenters. The molecule has 0 radical (unpaired) electrons. The van der Waals surface area contributed by atoms with Gasteiger partial charge in [0.2, 0.25) is 0 Å². The largest absolute Gasteiger partial charge is 0.458 e. The summed E-state index contributed by atoms with van der Waals surface area (Å²) >= 11 is 0. The normalized spacial score (nSPS) is 12.9. The van der Waals surface area contributed by atoms with E-state index >= 15 is 0 Å². The van der Waals surface area contributed by atoms with Crippen LogP contribution in [0.15, 0.2) is 25.3 Å². The van der Waals surface area contributed by atoms with Crippen LogP contribution in [0, 0.1) is 0 Å². The molecule has 0 aliphatic rings. The minimum atomic E-state index is -0.734. The lowest BCUT2D eigenvalue weighted by Gasteiger charge is -2.20. The Morgan fingerprint density at radius 2 is 1.48 bits per heavy atom. The first-order valence-corrected chi connectivity index (χ1v) is 8.17. The number of rotatable bonds is 11. The minimum Gasteiger partial charge on any atom is -0.458 e. The number of carbonyl (C=O) groups is 2. The van der Waals surface area contributed by atoms with Crippen LogP contribution in [-0.2, 0) is 28.6 Å². The summed E-state index contributed by atoms with van der Waals surface area (Å²) in [6.45, 7) is 10.1. The fourth-order valence-electron chi connectivity index (χ4n) is 1.27. The van der Waals surface area contributed by atoms with Gasteiger partial charge in [-0.15, -0.1) is 13.2 Å². The van der Waals surface area contributed by atoms with E-state index < -0.39 is 37.1 Å². The Labute approximate surface area is 159 Å². The van der Waals surface area contributed by atoms with Crippen LogP contribution in [0.3, 0.4) is 0 Å². The lowest BCUT2D eigenvalue weighted by Crippen LogP contribution is -2.31. The molecule has 9 heteroatoms. The SMILES string of the molecule is C=C[C@@H](CF)OCC(=O)N(C)OC.C=C[C@@H](CF)OCC(=O)OC(C)(C)C. The fourth-order valence-corrected chi connectivity index (χ4v) is 1.27. The van der Waals surface area contributed by atoms with Crippen molar-refractivity contribution >= 4 is 11.9 Å². The van der Waals surface area contributed by atoms with Crippen molar-refractivity contribution in [2.24, 2.45) is 0 Å². The molecular formula is C18H31F2NO6. The van der Waals surface area contributed by atoms with Crippen molar-refractivity contribution < 1.29 is 37.4 Å². The molecule has 0 rings (SSSR count). The number of hydroxylamine groups is 2. The average Bonchev–Trinajstić information content (AvgIpc) is 2.61. The molecule has 0 heterocycles. The van der Waals surface area contributed by atoms with E-state index in [9.17, 15) is 18.4 Å². The summed E-state index contributed by atoms with van der Waals surface area (Å²) in [5, 5.41) is 1.01. The van der Waals surface area contributed by atoms with E-state index in [1.54, 1.807) is 20.8 Å². The Morgan fingerprint density at radius 3 is 1.81 bits per heavy atom. The highest BCUT2D eigenvalue weighted by atomic mass is 19.1. The van der Waals surface area contributed by atoms with Gasteiger partial charge in [-0.25, -0.2) is 18.6 Å². The summed E-state index contributed by atoms with van der Waals surface area (Å²) in [7, 11) is 2.81. The highest BCUT2D eigenvalue weighted by molar-refractivity contribution is 5.76. The number of alkyl halides is 2. The van der Waals surface area contributed by atoms with Crippen molar-refractivity contribution in [3.05, 3.63) is 25.3 Å². The number of carbonyl (C=O) groups excluding carboxylic acids is 2. The molecule has 0 aliphatic carbocycles. The third-order valence-corrected chi connectivity index (χ3v) is 2.71. The summed E-state index contributed by atoms with van der Waals surface area (Å²) in [6, 6.07) is 0. The summed E-state index contributed by atoms with van der Waals surface area (Å²) in [4.78, 5) is 26.7. The second kappa shape index (κ2) is 15.2. The molecule has 0 fully saturated rings. The van der Waals surface area contributed by atoms with E-state index in [1.165, 1.54) is 26.3 Å². The molecule has 0 saturated heterocycles. The van der Waals surface area contributed by atoms with Gasteiger partial charge in [-0.2, -0.15) is 0 Å². The van der Waals surface area contributed by atoms with Gasteiger partial charge in [-0.1, -0.05) is 12.2 Å². The zero-order chi connectivity index (χ0) is 21.5. The summed E-state index contributed by atoms with van der Waals surface area (Å²) in [5.74, 6) is -0.874. The maximum Gasteiger partial charge on any atom is 0.332 e. The zero-order valence-corrected chi connectivity index (χ0v) is 16.7. The third kappa shape index (κ3) is 16.1. The molecule has 0 bridgehead atoms. The summed E-state index contributed by atoms with van der Waals surface area (Å²) in [5.41, 5.74) is -0.542. The topological polar surface area (TPSA) is 74.3 Å². The molecule has 0 aromatic carbocycles. The van der Waals surface area contributed by atoms with E-state index in [0.29, 0.717) is 0 Å². The second-order valence-electron chi connectivity index (χ2n) is 6.14. The van der Waals surface area contributed by atoms with Gasteiger partial charge < -0.3 is 14.2 Å². The molecule has 1 amide bonds. The molecule has 0 aromatic heterocycles. The van der Waals surface area contributed by atoms with Gasteiger partial charge in [0.25, 0.3) is 5.91 Å². The molecular weight excluding hydrogens is 364 g/mol. The maximum atomic E-state index is 12.1. The molecule has 0 spiro atoms. The molecule has 7 nitrogen and oxygen atoms in total. The predicted octanol–water partition coefficient (Wildman–Crippen LogP) is 2.42. The van der Waals surface area contributed by atoms with Gasteiger partial charge in [0.1, 0.15) is 44.4 Å². The van der Waals surface area contributed by atoms with E-state index in [1.807, 2.05) is 0 Å². The first-order chi connectivity index (χ1) is 12.5. The number of halogens is 2. The van der Waals surface area contributed by atoms with Crippen molar-refractivity contribution in [1.29, 1.82) is 0 Å². The van der Waals surface area contributed by atoms with Crippen molar-refractivity contribution in [2.75, 3.05) is 40.7 Å². The second-order valence-corrected chi connectivity index (χ2v) is 6.14. The quantitative estimate of drug-likeness (QED) is 0.304. The van der Waals surface area contributed by atoms with Crippen LogP contribution in [0.25, 0.3) is 0 Å². The van der Waals surface area contributed by atoms with Crippen LogP contribution in [0.5, 0.6) is 0 Å². The highest BCUT2D eigenvalue weighted by Crippen LogP contribution is 2.07. The number of nitrogens with zero attached hydrogens (tertiary/aromatic N) is 1. The van der Waals surface area contributed by atoms with Crippen molar-refractivity contribution in [1.82, 2.24) is 5.06 Å². The number of amides is 1. The maximum absolute atomic E-state index is 12.1. The van der Waals surface area contributed by atoms with Crippen LogP contribution in [0.1, 0.15) is 20.8 Å². The molecule has 0 unspecified atom stereocenters. The standard InChI is InChI=1S/C10H17FO3.C8H14FNO3/c1-5-8(6-11)13-7-9(12)14-10(2,3)4;1-4-7(5-9)13-6-8(11)10(2)12-3/h5,8H,1,6-7H2,2-4H3;4,7H,1,5-6H2,2-3H3/t8-;7-/m00/s1. The molecule has 27 heavy (non-hydrogen) atoms. The molecule has 0 aromatic rings. The van der Waals surface area contributed by atoms with Crippen LogP contribution in [-0.4, -0.2) is 75.5 Å². The lowest BCUT2D eigenvalue weighted by molar-refractivity contribution is -0.174. The smallest absolute Gasteiger partial charge is 0.332 e. The van der Waals surface area contributed by atoms with Gasteiger partial charge in [0.05, 0.1) is 7.11 Å². The Bertz CT molecular complexity index is 454. The van der Waals surface area contributed by atoms with Crippen molar-refractivity contribution in [3.63, 3.8) is 0 Å². The number of ether oxygens (including phenoxy) is 3. The summed E-state index contributed by atoms with van der Waals surface area (Å²) in [6.07, 6.45) is 1.15. The van der Waals surface area contributed by atoms with Gasteiger partial charge in [0, 0.05) is 7.05 Å². The van der Waals surface area contributed by atoms with Crippen LogP contribution in [0.2, 0.25) is 0 Å². The monoisotopic (exact) mass is 395 g/mol. The lowest BCUT2D eigenvalue weighted by atomic mass is 10.2. The third-order valence-electron chi connectivity index (χ3n) is 2.71. The summed E-state index contributed by atoms with van der Waals surface area (Å²) < 4.78 is 38.8. The number of hydrogen-bond acceptors (Lipinski definition) is 6. The van der Waals surface area contributed by atoms with Crippen molar-refractivity contribution in [2.45, 2.75) is 38.6 Å². The van der Waals surface area contributed by atoms with E-state index in [4.69, 9.17) is 14.2 Å². The molecule has 0 saturated carbocycles. The van der Waals surface area contributed by atoms with Gasteiger partial charge in [-0.3, -0.25) is 9.63 Å². The Morgan fingerprint density at radius 1 is 1.04 bits per heavy atom. The van der Waals surface area contributed by atoms with Gasteiger partial charge in [0.15, 0.2) is 0 Å². The van der Waals surface area contributed by atoms with Gasteiger partial charge >= 0.3 is 5.97 Å². The fraction of sp³-hybridized carbons (Fsp3) is 0.667. The zero-order valence-electron chi connectivity index (χ0n) is 16.7. The Balaban J connectivity index is 0. The Hall–Kier alpha value is -1.84. The van der Waals surface area contributed by atoms with E-state index in [-0.39, 0.29) is 19.1 Å². The molecule has 0 aliphatic heterocycles. The first-order valence-electron chi connectivity index (χ1n) is 8.17. The minimum absolute atomic E-state index is 0.217.